The molecule has 1 aromatic rings. The van der Waals surface area contributed by atoms with E-state index >= 15 is 0 Å². The molecule has 2 atom stereocenters. The van der Waals surface area contributed by atoms with E-state index in [0.29, 0.717) is 0 Å². The molecule has 0 amide bonds. The summed E-state index contributed by atoms with van der Waals surface area (Å²) >= 11 is 1.77. The Morgan fingerprint density at radius 3 is 3.07 bits per heavy atom. The van der Waals surface area contributed by atoms with Crippen molar-refractivity contribution in [1.29, 1.82) is 0 Å². The van der Waals surface area contributed by atoms with Crippen LogP contribution in [-0.4, -0.2) is 17.3 Å². The minimum Gasteiger partial charge on any atom is -0.394 e. The van der Waals surface area contributed by atoms with Crippen molar-refractivity contribution >= 4 is 11.3 Å². The molecule has 3 heteroatoms. The van der Waals surface area contributed by atoms with E-state index in [2.05, 4.69) is 29.8 Å². The van der Waals surface area contributed by atoms with Crippen molar-refractivity contribution in [3.63, 3.8) is 0 Å². The molecule has 0 aliphatic heterocycles. The van der Waals surface area contributed by atoms with Gasteiger partial charge in [0.1, 0.15) is 0 Å². The van der Waals surface area contributed by atoms with Crippen molar-refractivity contribution in [2.75, 3.05) is 6.61 Å². The molecule has 0 radical (unpaired) electrons. The number of rotatable bonds is 4. The molecule has 1 heterocycles. The van der Waals surface area contributed by atoms with E-state index in [1.54, 1.807) is 11.3 Å². The average Bonchev–Trinajstić information content (AvgIpc) is 2.85. The van der Waals surface area contributed by atoms with E-state index in [9.17, 15) is 5.11 Å². The molecule has 1 aliphatic rings. The molecule has 1 fully saturated rings. The number of nitrogens with one attached hydrogen (secondary N) is 1. The van der Waals surface area contributed by atoms with E-state index in [0.717, 1.165) is 25.3 Å². The smallest absolute Gasteiger partial charge is 0.0613 e. The summed E-state index contributed by atoms with van der Waals surface area (Å²) in [5.41, 5.74) is -0.0105. The second kappa shape index (κ2) is 4.64. The van der Waals surface area contributed by atoms with Crippen LogP contribution in [-0.2, 0) is 6.54 Å². The number of aliphatic hydroxyl groups is 1. The van der Waals surface area contributed by atoms with E-state index in [1.807, 2.05) is 0 Å². The quantitative estimate of drug-likeness (QED) is 0.824. The molecular formula is C12H19NOS. The van der Waals surface area contributed by atoms with Gasteiger partial charge in [-0.05, 0) is 36.6 Å². The molecule has 84 valence electrons. The van der Waals surface area contributed by atoms with Crippen LogP contribution < -0.4 is 5.32 Å². The molecular weight excluding hydrogens is 206 g/mol. The molecule has 1 saturated carbocycles. The summed E-state index contributed by atoms with van der Waals surface area (Å²) < 4.78 is 0. The van der Waals surface area contributed by atoms with Crippen LogP contribution in [0, 0.1) is 5.92 Å². The first-order chi connectivity index (χ1) is 7.24. The lowest BCUT2D eigenvalue weighted by molar-refractivity contribution is 0.160. The Kier molecular flexibility index (Phi) is 3.44. The molecule has 2 N–H and O–H groups in total. The van der Waals surface area contributed by atoms with Gasteiger partial charge in [-0.3, -0.25) is 0 Å². The summed E-state index contributed by atoms with van der Waals surface area (Å²) in [6.07, 6.45) is 3.45. The number of hydrogen-bond acceptors (Lipinski definition) is 3. The Morgan fingerprint density at radius 1 is 1.67 bits per heavy atom. The molecule has 15 heavy (non-hydrogen) atoms. The maximum Gasteiger partial charge on any atom is 0.0613 e. The normalized spacial score (nSPS) is 30.9. The fraction of sp³-hybridized carbons (Fsp3) is 0.667. The van der Waals surface area contributed by atoms with Crippen molar-refractivity contribution in [3.05, 3.63) is 22.4 Å². The van der Waals surface area contributed by atoms with Crippen LogP contribution in [0.4, 0.5) is 0 Å². The van der Waals surface area contributed by atoms with Crippen LogP contribution >= 0.6 is 11.3 Å². The van der Waals surface area contributed by atoms with Crippen LogP contribution in [0.5, 0.6) is 0 Å². The summed E-state index contributed by atoms with van der Waals surface area (Å²) in [4.78, 5) is 1.35. The van der Waals surface area contributed by atoms with E-state index in [1.165, 1.54) is 11.3 Å². The van der Waals surface area contributed by atoms with Gasteiger partial charge in [0.25, 0.3) is 0 Å². The Labute approximate surface area is 95.3 Å². The lowest BCUT2D eigenvalue weighted by atomic mass is 9.97. The van der Waals surface area contributed by atoms with Crippen molar-refractivity contribution < 1.29 is 5.11 Å². The molecule has 2 unspecified atom stereocenters. The van der Waals surface area contributed by atoms with Gasteiger partial charge in [0.2, 0.25) is 0 Å². The maximum atomic E-state index is 9.50. The number of aliphatic hydroxyl groups excluding tert-OH is 1. The highest BCUT2D eigenvalue weighted by atomic mass is 32.1. The largest absolute Gasteiger partial charge is 0.394 e. The van der Waals surface area contributed by atoms with Crippen molar-refractivity contribution in [2.24, 2.45) is 5.92 Å². The second-order valence-electron chi connectivity index (χ2n) is 4.72. The van der Waals surface area contributed by atoms with E-state index in [-0.39, 0.29) is 12.1 Å². The van der Waals surface area contributed by atoms with Gasteiger partial charge < -0.3 is 10.4 Å². The zero-order chi connectivity index (χ0) is 10.7. The third-order valence-electron chi connectivity index (χ3n) is 3.38. The zero-order valence-electron chi connectivity index (χ0n) is 9.20. The van der Waals surface area contributed by atoms with Crippen molar-refractivity contribution in [2.45, 2.75) is 38.3 Å². The van der Waals surface area contributed by atoms with Gasteiger partial charge in [0.05, 0.1) is 6.61 Å². The summed E-state index contributed by atoms with van der Waals surface area (Å²) in [6.45, 7) is 3.43. The second-order valence-corrected chi connectivity index (χ2v) is 5.75. The first kappa shape index (κ1) is 11.1. The highest BCUT2D eigenvalue weighted by molar-refractivity contribution is 7.09. The third-order valence-corrected chi connectivity index (χ3v) is 4.25. The lowest BCUT2D eigenvalue weighted by Gasteiger charge is -2.28. The minimum atomic E-state index is -0.0105. The molecule has 0 saturated heterocycles. The Bertz CT molecular complexity index is 299. The molecule has 1 aliphatic carbocycles. The summed E-state index contributed by atoms with van der Waals surface area (Å²) in [7, 11) is 0. The van der Waals surface area contributed by atoms with Gasteiger partial charge in [0.15, 0.2) is 0 Å². The highest BCUT2D eigenvalue weighted by Gasteiger charge is 2.36. The first-order valence-corrected chi connectivity index (χ1v) is 6.50. The van der Waals surface area contributed by atoms with Crippen LogP contribution in [0.25, 0.3) is 0 Å². The predicted octanol–water partition coefficient (Wildman–Crippen LogP) is 2.39. The molecule has 0 spiro atoms. The van der Waals surface area contributed by atoms with Gasteiger partial charge in [0, 0.05) is 17.0 Å². The van der Waals surface area contributed by atoms with Gasteiger partial charge in [-0.1, -0.05) is 13.0 Å². The molecule has 0 aromatic carbocycles. The monoisotopic (exact) mass is 225 g/mol. The summed E-state index contributed by atoms with van der Waals surface area (Å²) in [5.74, 6) is 0.744. The topological polar surface area (TPSA) is 32.3 Å². The van der Waals surface area contributed by atoms with Crippen LogP contribution in [0.1, 0.15) is 31.1 Å². The molecule has 2 nitrogen and oxygen atoms in total. The molecule has 0 bridgehead atoms. The van der Waals surface area contributed by atoms with Gasteiger partial charge in [-0.15, -0.1) is 11.3 Å². The highest BCUT2D eigenvalue weighted by Crippen LogP contribution is 2.34. The molecule has 1 aromatic heterocycles. The number of thiophene rings is 1. The number of hydrogen-bond donors (Lipinski definition) is 2. The SMILES string of the molecule is CC1CCC(CO)(NCc2cccs2)C1. The average molecular weight is 225 g/mol. The van der Waals surface area contributed by atoms with Crippen LogP contribution in [0.15, 0.2) is 17.5 Å². The van der Waals surface area contributed by atoms with E-state index < -0.39 is 0 Å². The zero-order valence-corrected chi connectivity index (χ0v) is 10.0. The standard InChI is InChI=1S/C12H19NOS/c1-10-4-5-12(7-10,9-14)13-8-11-3-2-6-15-11/h2-3,6,10,13-14H,4-5,7-9H2,1H3. The van der Waals surface area contributed by atoms with Gasteiger partial charge in [-0.2, -0.15) is 0 Å². The minimum absolute atomic E-state index is 0.0105. The Balaban J connectivity index is 1.91. The Hall–Kier alpha value is -0.380. The lowest BCUT2D eigenvalue weighted by Crippen LogP contribution is -2.45. The van der Waals surface area contributed by atoms with Crippen LogP contribution in [0.3, 0.4) is 0 Å². The van der Waals surface area contributed by atoms with Crippen molar-refractivity contribution in [1.82, 2.24) is 5.32 Å². The first-order valence-electron chi connectivity index (χ1n) is 5.62. The molecule has 2 rings (SSSR count). The maximum absolute atomic E-state index is 9.50. The Morgan fingerprint density at radius 2 is 2.53 bits per heavy atom. The fourth-order valence-electron chi connectivity index (χ4n) is 2.44. The van der Waals surface area contributed by atoms with Crippen molar-refractivity contribution in [3.8, 4) is 0 Å². The predicted molar refractivity (Wildman–Crippen MR) is 64.0 cm³/mol. The fourth-order valence-corrected chi connectivity index (χ4v) is 3.09. The summed E-state index contributed by atoms with van der Waals surface area (Å²) in [5, 5.41) is 15.1. The van der Waals surface area contributed by atoms with Crippen LogP contribution in [0.2, 0.25) is 0 Å². The van der Waals surface area contributed by atoms with Gasteiger partial charge >= 0.3 is 0 Å². The van der Waals surface area contributed by atoms with E-state index in [4.69, 9.17) is 0 Å². The van der Waals surface area contributed by atoms with Gasteiger partial charge in [-0.25, -0.2) is 0 Å². The third kappa shape index (κ3) is 2.60. The summed E-state index contributed by atoms with van der Waals surface area (Å²) in [6, 6.07) is 4.21.